The zero-order valence-electron chi connectivity index (χ0n) is 18.8. The summed E-state index contributed by atoms with van der Waals surface area (Å²) in [6.07, 6.45) is 1.17. The molecule has 0 saturated heterocycles. The Morgan fingerprint density at radius 1 is 0.844 bits per heavy atom. The second kappa shape index (κ2) is 10.1. The third kappa shape index (κ3) is 5.55. The van der Waals surface area contributed by atoms with Crippen molar-refractivity contribution in [3.63, 3.8) is 0 Å². The van der Waals surface area contributed by atoms with Gasteiger partial charge in [0.25, 0.3) is 0 Å². The van der Waals surface area contributed by atoms with Gasteiger partial charge in [-0.1, -0.05) is 90.5 Å². The Labute approximate surface area is 190 Å². The topological polar surface area (TPSA) is 32.3 Å². The van der Waals surface area contributed by atoms with Gasteiger partial charge in [0.1, 0.15) is 0 Å². The molecule has 1 amide bonds. The third-order valence-electron chi connectivity index (χ3n) is 5.89. The minimum absolute atomic E-state index is 0.00572. The fourth-order valence-electron chi connectivity index (χ4n) is 4.19. The maximum atomic E-state index is 13.1. The summed E-state index contributed by atoms with van der Waals surface area (Å²) >= 11 is 0. The standard InChI is InChI=1S/C29H30N2O/c1-22-15-17-27(18-16-22)31(2)21-26(19-23-9-4-3-5-10-23)30-29(32)20-25-13-8-12-24-11-6-7-14-28(24)25/h3-18,26H,19-21H2,1-2H3,(H,30,32)/t26-/m0/s1. The smallest absolute Gasteiger partial charge is 0.224 e. The number of likely N-dealkylation sites (N-methyl/N-ethyl adjacent to an activating group) is 1. The number of benzene rings is 4. The monoisotopic (exact) mass is 422 g/mol. The molecule has 4 rings (SSSR count). The number of aryl methyl sites for hydroxylation is 1. The molecule has 3 heteroatoms. The molecule has 0 aliphatic rings. The molecule has 0 aliphatic heterocycles. The van der Waals surface area contributed by atoms with E-state index in [1.807, 2.05) is 42.5 Å². The van der Waals surface area contributed by atoms with Gasteiger partial charge in [-0.15, -0.1) is 0 Å². The highest BCUT2D eigenvalue weighted by atomic mass is 16.1. The van der Waals surface area contributed by atoms with E-state index >= 15 is 0 Å². The van der Waals surface area contributed by atoms with Crippen molar-refractivity contribution in [3.05, 3.63) is 114 Å². The molecular weight excluding hydrogens is 392 g/mol. The van der Waals surface area contributed by atoms with Crippen molar-refractivity contribution >= 4 is 22.4 Å². The molecule has 4 aromatic rings. The van der Waals surface area contributed by atoms with Crippen molar-refractivity contribution in [2.75, 3.05) is 18.5 Å². The van der Waals surface area contributed by atoms with E-state index in [1.165, 1.54) is 11.1 Å². The van der Waals surface area contributed by atoms with Crippen LogP contribution in [0.5, 0.6) is 0 Å². The normalized spacial score (nSPS) is 11.8. The highest BCUT2D eigenvalue weighted by Crippen LogP contribution is 2.19. The predicted molar refractivity (Wildman–Crippen MR) is 134 cm³/mol. The van der Waals surface area contributed by atoms with E-state index in [9.17, 15) is 4.79 Å². The van der Waals surface area contributed by atoms with Crippen molar-refractivity contribution in [2.45, 2.75) is 25.8 Å². The summed E-state index contributed by atoms with van der Waals surface area (Å²) in [6.45, 7) is 2.83. The van der Waals surface area contributed by atoms with Gasteiger partial charge >= 0.3 is 0 Å². The number of carbonyl (C=O) groups is 1. The number of nitrogens with one attached hydrogen (secondary N) is 1. The molecule has 0 heterocycles. The minimum Gasteiger partial charge on any atom is -0.373 e. The van der Waals surface area contributed by atoms with Crippen molar-refractivity contribution < 1.29 is 4.79 Å². The van der Waals surface area contributed by atoms with Gasteiger partial charge in [0, 0.05) is 19.3 Å². The minimum atomic E-state index is 0.00572. The molecule has 1 atom stereocenters. The van der Waals surface area contributed by atoms with E-state index < -0.39 is 0 Å². The van der Waals surface area contributed by atoms with Crippen LogP contribution in [-0.2, 0) is 17.6 Å². The van der Waals surface area contributed by atoms with Crippen LogP contribution in [0.3, 0.4) is 0 Å². The predicted octanol–water partition coefficient (Wildman–Crippen LogP) is 5.55. The number of amides is 1. The summed E-state index contributed by atoms with van der Waals surface area (Å²) in [7, 11) is 2.08. The number of hydrogen-bond donors (Lipinski definition) is 1. The highest BCUT2D eigenvalue weighted by Gasteiger charge is 2.17. The number of rotatable bonds is 8. The van der Waals surface area contributed by atoms with Gasteiger partial charge in [-0.05, 0) is 47.4 Å². The van der Waals surface area contributed by atoms with E-state index in [-0.39, 0.29) is 11.9 Å². The number of carbonyl (C=O) groups excluding carboxylic acids is 1. The Bertz CT molecular complexity index is 1160. The van der Waals surface area contributed by atoms with Crippen LogP contribution in [0.25, 0.3) is 10.8 Å². The molecule has 0 spiro atoms. The fourth-order valence-corrected chi connectivity index (χ4v) is 4.19. The first kappa shape index (κ1) is 21.6. The van der Waals surface area contributed by atoms with E-state index in [2.05, 4.69) is 78.8 Å². The quantitative estimate of drug-likeness (QED) is 0.403. The summed E-state index contributed by atoms with van der Waals surface area (Å²) in [5.41, 5.74) is 4.68. The van der Waals surface area contributed by atoms with Crippen LogP contribution in [0.2, 0.25) is 0 Å². The van der Waals surface area contributed by atoms with Crippen LogP contribution in [0, 0.1) is 6.92 Å². The first-order valence-electron chi connectivity index (χ1n) is 11.2. The van der Waals surface area contributed by atoms with Crippen LogP contribution in [0.1, 0.15) is 16.7 Å². The molecule has 0 aromatic heterocycles. The largest absolute Gasteiger partial charge is 0.373 e. The van der Waals surface area contributed by atoms with E-state index in [0.717, 1.165) is 35.0 Å². The molecule has 32 heavy (non-hydrogen) atoms. The molecule has 4 aromatic carbocycles. The van der Waals surface area contributed by atoms with Crippen LogP contribution < -0.4 is 10.2 Å². The average Bonchev–Trinajstić information content (AvgIpc) is 2.80. The second-order valence-electron chi connectivity index (χ2n) is 8.49. The number of nitrogens with zero attached hydrogens (tertiary/aromatic N) is 1. The Morgan fingerprint density at radius 2 is 1.53 bits per heavy atom. The van der Waals surface area contributed by atoms with Gasteiger partial charge in [0.2, 0.25) is 5.91 Å². The van der Waals surface area contributed by atoms with Gasteiger partial charge in [-0.3, -0.25) is 4.79 Å². The van der Waals surface area contributed by atoms with Crippen LogP contribution >= 0.6 is 0 Å². The highest BCUT2D eigenvalue weighted by molar-refractivity contribution is 5.90. The zero-order chi connectivity index (χ0) is 22.3. The molecule has 0 radical (unpaired) electrons. The van der Waals surface area contributed by atoms with E-state index in [1.54, 1.807) is 0 Å². The lowest BCUT2D eigenvalue weighted by Crippen LogP contribution is -2.44. The molecule has 3 nitrogen and oxygen atoms in total. The Hall–Kier alpha value is -3.59. The van der Waals surface area contributed by atoms with Gasteiger partial charge in [-0.2, -0.15) is 0 Å². The summed E-state index contributed by atoms with van der Waals surface area (Å²) in [5.74, 6) is 0.0552. The van der Waals surface area contributed by atoms with Gasteiger partial charge in [0.15, 0.2) is 0 Å². The second-order valence-corrected chi connectivity index (χ2v) is 8.49. The summed E-state index contributed by atoms with van der Waals surface area (Å²) in [4.78, 5) is 15.3. The maximum Gasteiger partial charge on any atom is 0.224 e. The van der Waals surface area contributed by atoms with Gasteiger partial charge in [-0.25, -0.2) is 0 Å². The van der Waals surface area contributed by atoms with E-state index in [0.29, 0.717) is 6.42 Å². The summed E-state index contributed by atoms with van der Waals surface area (Å²) in [5, 5.41) is 5.62. The molecule has 1 N–H and O–H groups in total. The molecular formula is C29H30N2O. The molecule has 162 valence electrons. The average molecular weight is 423 g/mol. The summed E-state index contributed by atoms with van der Waals surface area (Å²) in [6, 6.07) is 33.3. The van der Waals surface area contributed by atoms with Crippen LogP contribution in [0.15, 0.2) is 97.1 Å². The fraction of sp³-hybridized carbons (Fsp3) is 0.207. The Balaban J connectivity index is 1.49. The third-order valence-corrected chi connectivity index (χ3v) is 5.89. The molecule has 0 unspecified atom stereocenters. The SMILES string of the molecule is Cc1ccc(N(C)C[C@H](Cc2ccccc2)NC(=O)Cc2cccc3ccccc23)cc1. The Kier molecular flexibility index (Phi) is 6.86. The maximum absolute atomic E-state index is 13.1. The van der Waals surface area contributed by atoms with Crippen molar-refractivity contribution in [3.8, 4) is 0 Å². The molecule has 0 bridgehead atoms. The van der Waals surface area contributed by atoms with Crippen LogP contribution in [-0.4, -0.2) is 25.5 Å². The lowest BCUT2D eigenvalue weighted by molar-refractivity contribution is -0.121. The van der Waals surface area contributed by atoms with Crippen molar-refractivity contribution in [1.82, 2.24) is 5.32 Å². The lowest BCUT2D eigenvalue weighted by atomic mass is 10.0. The first-order chi connectivity index (χ1) is 15.6. The van der Waals surface area contributed by atoms with Crippen molar-refractivity contribution in [2.24, 2.45) is 0 Å². The van der Waals surface area contributed by atoms with Gasteiger partial charge in [0.05, 0.1) is 12.5 Å². The number of fused-ring (bicyclic) bond motifs is 1. The summed E-state index contributed by atoms with van der Waals surface area (Å²) < 4.78 is 0. The van der Waals surface area contributed by atoms with Gasteiger partial charge < -0.3 is 10.2 Å². The lowest BCUT2D eigenvalue weighted by Gasteiger charge is -2.27. The molecule has 0 fully saturated rings. The Morgan fingerprint density at radius 3 is 2.31 bits per heavy atom. The number of hydrogen-bond acceptors (Lipinski definition) is 2. The van der Waals surface area contributed by atoms with Crippen LogP contribution in [0.4, 0.5) is 5.69 Å². The zero-order valence-corrected chi connectivity index (χ0v) is 18.8. The van der Waals surface area contributed by atoms with Crippen molar-refractivity contribution in [1.29, 1.82) is 0 Å². The number of anilines is 1. The molecule has 0 aliphatic carbocycles. The molecule has 0 saturated carbocycles. The first-order valence-corrected chi connectivity index (χ1v) is 11.2. The van der Waals surface area contributed by atoms with E-state index in [4.69, 9.17) is 0 Å².